The van der Waals surface area contributed by atoms with Gasteiger partial charge in [0.1, 0.15) is 0 Å². The van der Waals surface area contributed by atoms with Crippen molar-refractivity contribution < 1.29 is 4.79 Å². The zero-order valence-electron chi connectivity index (χ0n) is 12.4. The molecule has 0 bridgehead atoms. The molecule has 22 heavy (non-hydrogen) atoms. The predicted molar refractivity (Wildman–Crippen MR) is 90.9 cm³/mol. The van der Waals surface area contributed by atoms with E-state index in [4.69, 9.17) is 0 Å². The standard InChI is InChI=1S/C17H16N2O2S/c1-3-19-10-12(8-9-15(19)20)18-17(21)16-11(2)13-6-4-5-7-14(13)22-16/h4-10H,3H2,1-2H3,(H,18,21). The maximum absolute atomic E-state index is 12.5. The summed E-state index contributed by atoms with van der Waals surface area (Å²) in [6.07, 6.45) is 1.67. The third-order valence-electron chi connectivity index (χ3n) is 3.63. The first kappa shape index (κ1) is 14.5. The van der Waals surface area contributed by atoms with Gasteiger partial charge in [0.15, 0.2) is 0 Å². The van der Waals surface area contributed by atoms with E-state index in [1.165, 1.54) is 17.4 Å². The van der Waals surface area contributed by atoms with Gasteiger partial charge in [0.25, 0.3) is 11.5 Å². The molecule has 0 aliphatic carbocycles. The van der Waals surface area contributed by atoms with Gasteiger partial charge in [-0.3, -0.25) is 9.59 Å². The highest BCUT2D eigenvalue weighted by molar-refractivity contribution is 7.21. The Morgan fingerprint density at radius 1 is 1.23 bits per heavy atom. The molecule has 2 heterocycles. The number of nitrogens with zero attached hydrogens (tertiary/aromatic N) is 1. The molecular weight excluding hydrogens is 296 g/mol. The molecule has 0 unspecified atom stereocenters. The first-order chi connectivity index (χ1) is 10.6. The molecule has 0 fully saturated rings. The van der Waals surface area contributed by atoms with Gasteiger partial charge < -0.3 is 9.88 Å². The lowest BCUT2D eigenvalue weighted by atomic mass is 10.1. The van der Waals surface area contributed by atoms with Gasteiger partial charge in [0.05, 0.1) is 10.6 Å². The zero-order valence-corrected chi connectivity index (χ0v) is 13.2. The Balaban J connectivity index is 1.93. The highest BCUT2D eigenvalue weighted by Gasteiger charge is 2.15. The minimum absolute atomic E-state index is 0.0708. The quantitative estimate of drug-likeness (QED) is 0.802. The maximum Gasteiger partial charge on any atom is 0.266 e. The SMILES string of the molecule is CCn1cc(NC(=O)c2sc3ccccc3c2C)ccc1=O. The number of fused-ring (bicyclic) bond motifs is 1. The topological polar surface area (TPSA) is 51.1 Å². The number of aromatic nitrogens is 1. The van der Waals surface area contributed by atoms with Crippen LogP contribution in [-0.2, 0) is 6.54 Å². The third-order valence-corrected chi connectivity index (χ3v) is 4.90. The summed E-state index contributed by atoms with van der Waals surface area (Å²) in [5.41, 5.74) is 1.55. The Hall–Kier alpha value is -2.40. The molecule has 3 aromatic rings. The third kappa shape index (κ3) is 2.55. The maximum atomic E-state index is 12.5. The van der Waals surface area contributed by atoms with Crippen molar-refractivity contribution >= 4 is 33.0 Å². The van der Waals surface area contributed by atoms with E-state index in [9.17, 15) is 9.59 Å². The van der Waals surface area contributed by atoms with E-state index < -0.39 is 0 Å². The molecular formula is C17H16N2O2S. The lowest BCUT2D eigenvalue weighted by Gasteiger charge is -2.07. The van der Waals surface area contributed by atoms with Crippen LogP contribution in [0.4, 0.5) is 5.69 Å². The van der Waals surface area contributed by atoms with Crippen LogP contribution in [0.15, 0.2) is 47.4 Å². The molecule has 5 heteroatoms. The Morgan fingerprint density at radius 2 is 2.00 bits per heavy atom. The van der Waals surface area contributed by atoms with Gasteiger partial charge >= 0.3 is 0 Å². The highest BCUT2D eigenvalue weighted by atomic mass is 32.1. The molecule has 0 saturated heterocycles. The zero-order chi connectivity index (χ0) is 15.7. The first-order valence-corrected chi connectivity index (χ1v) is 7.91. The second-order valence-electron chi connectivity index (χ2n) is 5.05. The lowest BCUT2D eigenvalue weighted by molar-refractivity contribution is 0.103. The molecule has 112 valence electrons. The van der Waals surface area contributed by atoms with Crippen LogP contribution in [0.3, 0.4) is 0 Å². The number of carbonyl (C=O) groups excluding carboxylic acids is 1. The van der Waals surface area contributed by atoms with Gasteiger partial charge in [-0.25, -0.2) is 0 Å². The van der Waals surface area contributed by atoms with Crippen molar-refractivity contribution in [3.8, 4) is 0 Å². The van der Waals surface area contributed by atoms with Crippen LogP contribution >= 0.6 is 11.3 Å². The molecule has 1 amide bonds. The largest absolute Gasteiger partial charge is 0.320 e. The average Bonchev–Trinajstić information content (AvgIpc) is 2.87. The summed E-state index contributed by atoms with van der Waals surface area (Å²) in [6.45, 7) is 4.42. The van der Waals surface area contributed by atoms with Crippen LogP contribution in [0.25, 0.3) is 10.1 Å². The summed E-state index contributed by atoms with van der Waals surface area (Å²) in [5, 5.41) is 3.98. The van der Waals surface area contributed by atoms with Crippen molar-refractivity contribution in [2.45, 2.75) is 20.4 Å². The monoisotopic (exact) mass is 312 g/mol. The fourth-order valence-corrected chi connectivity index (χ4v) is 3.54. The predicted octanol–water partition coefficient (Wildman–Crippen LogP) is 3.64. The molecule has 1 N–H and O–H groups in total. The van der Waals surface area contributed by atoms with Crippen LogP contribution < -0.4 is 10.9 Å². The Bertz CT molecular complexity index is 908. The molecule has 0 aliphatic rings. The minimum Gasteiger partial charge on any atom is -0.320 e. The van der Waals surface area contributed by atoms with Gasteiger partial charge in [0.2, 0.25) is 0 Å². The normalized spacial score (nSPS) is 10.8. The Morgan fingerprint density at radius 3 is 2.73 bits per heavy atom. The first-order valence-electron chi connectivity index (χ1n) is 7.10. The highest BCUT2D eigenvalue weighted by Crippen LogP contribution is 2.30. The van der Waals surface area contributed by atoms with Crippen LogP contribution in [0.5, 0.6) is 0 Å². The Labute approximate surface area is 132 Å². The summed E-state index contributed by atoms with van der Waals surface area (Å²) in [6, 6.07) is 11.1. The van der Waals surface area contributed by atoms with Gasteiger partial charge in [-0.2, -0.15) is 0 Å². The number of benzene rings is 1. The number of thiophene rings is 1. The molecule has 3 rings (SSSR count). The number of hydrogen-bond donors (Lipinski definition) is 1. The van der Waals surface area contributed by atoms with Crippen molar-refractivity contribution in [3.05, 3.63) is 63.4 Å². The van der Waals surface area contributed by atoms with E-state index >= 15 is 0 Å². The van der Waals surface area contributed by atoms with Crippen LogP contribution in [0.1, 0.15) is 22.2 Å². The van der Waals surface area contributed by atoms with Crippen LogP contribution in [0, 0.1) is 6.92 Å². The fraction of sp³-hybridized carbons (Fsp3) is 0.176. The minimum atomic E-state index is -0.139. The summed E-state index contributed by atoms with van der Waals surface area (Å²) < 4.78 is 2.66. The number of nitrogens with one attached hydrogen (secondary N) is 1. The molecule has 0 atom stereocenters. The van der Waals surface area contributed by atoms with Gasteiger partial charge in [-0.1, -0.05) is 18.2 Å². The number of hydrogen-bond acceptors (Lipinski definition) is 3. The number of anilines is 1. The molecule has 0 saturated carbocycles. The summed E-state index contributed by atoms with van der Waals surface area (Å²) in [5.74, 6) is -0.139. The van der Waals surface area contributed by atoms with E-state index in [1.807, 2.05) is 38.1 Å². The van der Waals surface area contributed by atoms with Crippen molar-refractivity contribution in [2.24, 2.45) is 0 Å². The van der Waals surface area contributed by atoms with E-state index in [2.05, 4.69) is 5.32 Å². The molecule has 2 aromatic heterocycles. The second-order valence-corrected chi connectivity index (χ2v) is 6.10. The van der Waals surface area contributed by atoms with Crippen molar-refractivity contribution in [1.29, 1.82) is 0 Å². The smallest absolute Gasteiger partial charge is 0.266 e. The lowest BCUT2D eigenvalue weighted by Crippen LogP contribution is -2.19. The fourth-order valence-electron chi connectivity index (χ4n) is 2.43. The molecule has 0 radical (unpaired) electrons. The Kier molecular flexibility index (Phi) is 3.81. The summed E-state index contributed by atoms with van der Waals surface area (Å²) in [7, 11) is 0. The number of carbonyl (C=O) groups is 1. The summed E-state index contributed by atoms with van der Waals surface area (Å²) in [4.78, 5) is 24.8. The number of aryl methyl sites for hydroxylation is 2. The average molecular weight is 312 g/mol. The summed E-state index contributed by atoms with van der Waals surface area (Å²) >= 11 is 1.48. The molecule has 1 aromatic carbocycles. The van der Waals surface area contributed by atoms with Crippen LogP contribution in [-0.4, -0.2) is 10.5 Å². The van der Waals surface area contributed by atoms with E-state index in [0.29, 0.717) is 17.1 Å². The van der Waals surface area contributed by atoms with E-state index in [0.717, 1.165) is 15.6 Å². The molecule has 0 aliphatic heterocycles. The van der Waals surface area contributed by atoms with Crippen LogP contribution in [0.2, 0.25) is 0 Å². The number of amides is 1. The van der Waals surface area contributed by atoms with Gasteiger partial charge in [0, 0.05) is 23.5 Å². The van der Waals surface area contributed by atoms with Gasteiger partial charge in [-0.05, 0) is 36.9 Å². The van der Waals surface area contributed by atoms with Crippen molar-refractivity contribution in [2.75, 3.05) is 5.32 Å². The number of pyridine rings is 1. The number of rotatable bonds is 3. The molecule has 4 nitrogen and oxygen atoms in total. The van der Waals surface area contributed by atoms with E-state index in [1.54, 1.807) is 16.8 Å². The van der Waals surface area contributed by atoms with E-state index in [-0.39, 0.29) is 11.5 Å². The van der Waals surface area contributed by atoms with Crippen molar-refractivity contribution in [1.82, 2.24) is 4.57 Å². The van der Waals surface area contributed by atoms with Gasteiger partial charge in [-0.15, -0.1) is 11.3 Å². The van der Waals surface area contributed by atoms with Crippen molar-refractivity contribution in [3.63, 3.8) is 0 Å². The second kappa shape index (κ2) is 5.77. The molecule has 0 spiro atoms.